The number of carbonyl (C=O) groups excluding carboxylic acids is 2. The zero-order chi connectivity index (χ0) is 17.8. The maximum absolute atomic E-state index is 12.6. The van der Waals surface area contributed by atoms with Gasteiger partial charge in [0.15, 0.2) is 0 Å². The lowest BCUT2D eigenvalue weighted by Crippen LogP contribution is -2.43. The second-order valence-electron chi connectivity index (χ2n) is 5.70. The topological polar surface area (TPSA) is 74.7 Å². The molecule has 1 N–H and O–H groups in total. The number of carboxylic acids is 1. The van der Waals surface area contributed by atoms with Crippen molar-refractivity contribution in [3.8, 4) is 0 Å². The maximum Gasteiger partial charge on any atom is 0.327 e. The second-order valence-corrected chi connectivity index (χ2v) is 6.77. The third-order valence-corrected chi connectivity index (χ3v) is 4.99. The molecule has 0 aromatic heterocycles. The van der Waals surface area contributed by atoms with Gasteiger partial charge in [-0.3, -0.25) is 14.5 Å². The van der Waals surface area contributed by atoms with Gasteiger partial charge in [0.1, 0.15) is 6.04 Å². The molecule has 1 amide bonds. The fraction of sp³-hybridized carbons (Fsp3) is 0.211. The van der Waals surface area contributed by atoms with Gasteiger partial charge in [0.25, 0.3) is 0 Å². The summed E-state index contributed by atoms with van der Waals surface area (Å²) in [7, 11) is 0. The van der Waals surface area contributed by atoms with Crippen molar-refractivity contribution in [1.29, 1.82) is 0 Å². The summed E-state index contributed by atoms with van der Waals surface area (Å²) in [6.07, 6.45) is 0.425. The van der Waals surface area contributed by atoms with Crippen molar-refractivity contribution in [1.82, 2.24) is 0 Å². The van der Waals surface area contributed by atoms with E-state index in [-0.39, 0.29) is 17.4 Å². The molecule has 1 heterocycles. The Kier molecular flexibility index (Phi) is 5.19. The fourth-order valence-corrected chi connectivity index (χ4v) is 3.67. The molecule has 0 aliphatic carbocycles. The molecule has 2 aromatic carbocycles. The molecule has 0 saturated carbocycles. The van der Waals surface area contributed by atoms with Crippen LogP contribution < -0.4 is 4.90 Å². The molecule has 128 valence electrons. The normalized spacial score (nSPS) is 15.7. The largest absolute Gasteiger partial charge is 0.480 e. The van der Waals surface area contributed by atoms with E-state index in [9.17, 15) is 19.5 Å². The number of anilines is 1. The summed E-state index contributed by atoms with van der Waals surface area (Å²) in [5.41, 5.74) is 2.10. The number of rotatable bonds is 5. The van der Waals surface area contributed by atoms with Crippen molar-refractivity contribution in [2.24, 2.45) is 0 Å². The Morgan fingerprint density at radius 1 is 1.04 bits per heavy atom. The molecule has 25 heavy (non-hydrogen) atoms. The lowest BCUT2D eigenvalue weighted by molar-refractivity contribution is -0.139. The quantitative estimate of drug-likeness (QED) is 0.892. The number of amides is 1. The van der Waals surface area contributed by atoms with Gasteiger partial charge in [-0.15, -0.1) is 0 Å². The average molecular weight is 355 g/mol. The van der Waals surface area contributed by atoms with Crippen molar-refractivity contribution >= 4 is 34.4 Å². The molecule has 6 heteroatoms. The van der Waals surface area contributed by atoms with Crippen molar-refractivity contribution in [2.45, 2.75) is 18.9 Å². The molecule has 0 spiro atoms. The lowest BCUT2D eigenvalue weighted by atomic mass is 10.1. The van der Waals surface area contributed by atoms with Crippen molar-refractivity contribution in [3.05, 3.63) is 65.7 Å². The summed E-state index contributed by atoms with van der Waals surface area (Å²) < 4.78 is 0. The highest BCUT2D eigenvalue weighted by Gasteiger charge is 2.37. The van der Waals surface area contributed by atoms with Crippen LogP contribution in [0, 0.1) is 0 Å². The molecule has 0 bridgehead atoms. The number of benzene rings is 2. The number of aliphatic carboxylic acids is 1. The van der Waals surface area contributed by atoms with Gasteiger partial charge in [-0.05, 0) is 11.6 Å². The number of hydrogen-bond acceptors (Lipinski definition) is 4. The molecule has 1 atom stereocenters. The highest BCUT2D eigenvalue weighted by Crippen LogP contribution is 2.33. The first-order valence-corrected chi connectivity index (χ1v) is 8.91. The zero-order valence-corrected chi connectivity index (χ0v) is 14.2. The van der Waals surface area contributed by atoms with Crippen LogP contribution in [0.2, 0.25) is 0 Å². The standard InChI is InChI=1S/C19H17NO4S/c21-17(10-11-25-19(24)13-6-2-1-3-7-13)20-15-9-5-4-8-14(15)12-16(20)18(22)23/h1-9,16H,10-12H2,(H,22,23). The first kappa shape index (κ1) is 17.2. The summed E-state index contributed by atoms with van der Waals surface area (Å²) in [6, 6.07) is 15.2. The molecule has 1 unspecified atom stereocenters. The van der Waals surface area contributed by atoms with E-state index >= 15 is 0 Å². The predicted octanol–water partition coefficient (Wildman–Crippen LogP) is 2.99. The van der Waals surface area contributed by atoms with E-state index in [1.807, 2.05) is 18.2 Å². The predicted molar refractivity (Wildman–Crippen MR) is 96.9 cm³/mol. The van der Waals surface area contributed by atoms with Gasteiger partial charge in [-0.1, -0.05) is 60.3 Å². The van der Waals surface area contributed by atoms with Crippen LogP contribution in [-0.4, -0.2) is 33.9 Å². The Morgan fingerprint density at radius 3 is 2.44 bits per heavy atom. The SMILES string of the molecule is O=C(SCCC(=O)N1c2ccccc2CC1C(=O)O)c1ccccc1. The van der Waals surface area contributed by atoms with E-state index in [1.165, 1.54) is 4.90 Å². The molecule has 0 radical (unpaired) electrons. The highest BCUT2D eigenvalue weighted by molar-refractivity contribution is 8.14. The molecule has 5 nitrogen and oxygen atoms in total. The van der Waals surface area contributed by atoms with Crippen molar-refractivity contribution in [2.75, 3.05) is 10.7 Å². The number of carboxylic acid groups (broad SMARTS) is 1. The number of fused-ring (bicyclic) bond motifs is 1. The fourth-order valence-electron chi connectivity index (χ4n) is 2.90. The van der Waals surface area contributed by atoms with Crippen molar-refractivity contribution in [3.63, 3.8) is 0 Å². The van der Waals surface area contributed by atoms with Crippen LogP contribution >= 0.6 is 11.8 Å². The van der Waals surface area contributed by atoms with Crippen LogP contribution in [0.5, 0.6) is 0 Å². The van der Waals surface area contributed by atoms with Crippen LogP contribution in [0.15, 0.2) is 54.6 Å². The van der Waals surface area contributed by atoms with Crippen molar-refractivity contribution < 1.29 is 19.5 Å². The molecular formula is C19H17NO4S. The minimum absolute atomic E-state index is 0.0926. The molecule has 0 saturated heterocycles. The number of nitrogens with zero attached hydrogens (tertiary/aromatic N) is 1. The monoisotopic (exact) mass is 355 g/mol. The van der Waals surface area contributed by atoms with E-state index < -0.39 is 12.0 Å². The first-order valence-electron chi connectivity index (χ1n) is 7.93. The minimum Gasteiger partial charge on any atom is -0.480 e. The van der Waals surface area contributed by atoms with Crippen LogP contribution in [0.4, 0.5) is 5.69 Å². The van der Waals surface area contributed by atoms with Gasteiger partial charge in [-0.25, -0.2) is 4.79 Å². The lowest BCUT2D eigenvalue weighted by Gasteiger charge is -2.22. The van der Waals surface area contributed by atoms with E-state index in [1.54, 1.807) is 36.4 Å². The number of carbonyl (C=O) groups is 3. The van der Waals surface area contributed by atoms with E-state index in [2.05, 4.69) is 0 Å². The summed E-state index contributed by atoms with van der Waals surface area (Å²) in [4.78, 5) is 37.5. The van der Waals surface area contributed by atoms with Gasteiger partial charge in [0.2, 0.25) is 11.0 Å². The second kappa shape index (κ2) is 7.53. The number of para-hydroxylation sites is 1. The molecule has 2 aromatic rings. The number of hydrogen-bond donors (Lipinski definition) is 1. The Morgan fingerprint density at radius 2 is 1.72 bits per heavy atom. The molecule has 1 aliphatic rings. The maximum atomic E-state index is 12.6. The van der Waals surface area contributed by atoms with Gasteiger partial charge in [-0.2, -0.15) is 0 Å². The summed E-state index contributed by atoms with van der Waals surface area (Å²) in [6.45, 7) is 0. The number of thioether (sulfide) groups is 1. The minimum atomic E-state index is -1.02. The Labute approximate surface area is 149 Å². The summed E-state index contributed by atoms with van der Waals surface area (Å²) >= 11 is 1.07. The molecule has 3 rings (SSSR count). The van der Waals surface area contributed by atoms with Crippen LogP contribution in [0.1, 0.15) is 22.3 Å². The van der Waals surface area contributed by atoms with Gasteiger partial charge in [0.05, 0.1) is 0 Å². The van der Waals surface area contributed by atoms with E-state index in [0.29, 0.717) is 23.4 Å². The Balaban J connectivity index is 1.64. The highest BCUT2D eigenvalue weighted by atomic mass is 32.2. The zero-order valence-electron chi connectivity index (χ0n) is 13.4. The summed E-state index contributed by atoms with van der Waals surface area (Å²) in [5, 5.41) is 9.32. The molecule has 0 fully saturated rings. The third-order valence-electron chi connectivity index (χ3n) is 4.09. The first-order chi connectivity index (χ1) is 12.1. The van der Waals surface area contributed by atoms with Crippen LogP contribution in [0.3, 0.4) is 0 Å². The molecular weight excluding hydrogens is 338 g/mol. The van der Waals surface area contributed by atoms with E-state index in [4.69, 9.17) is 0 Å². The Bertz CT molecular complexity index is 806. The van der Waals surface area contributed by atoms with Gasteiger partial charge < -0.3 is 5.11 Å². The smallest absolute Gasteiger partial charge is 0.327 e. The Hall–Kier alpha value is -2.60. The third kappa shape index (κ3) is 3.74. The molecule has 1 aliphatic heterocycles. The average Bonchev–Trinajstić information content (AvgIpc) is 3.02. The van der Waals surface area contributed by atoms with E-state index in [0.717, 1.165) is 17.3 Å². The van der Waals surface area contributed by atoms with Crippen LogP contribution in [-0.2, 0) is 16.0 Å². The van der Waals surface area contributed by atoms with Gasteiger partial charge >= 0.3 is 5.97 Å². The van der Waals surface area contributed by atoms with Gasteiger partial charge in [0, 0.05) is 29.8 Å². The summed E-state index contributed by atoms with van der Waals surface area (Å²) in [5.74, 6) is -0.972. The van der Waals surface area contributed by atoms with Crippen LogP contribution in [0.25, 0.3) is 0 Å².